The van der Waals surface area contributed by atoms with Gasteiger partial charge in [0, 0.05) is 18.7 Å². The van der Waals surface area contributed by atoms with E-state index in [4.69, 9.17) is 0 Å². The molecule has 2 N–H and O–H groups in total. The Morgan fingerprint density at radius 3 is 2.50 bits per heavy atom. The molecule has 2 aromatic rings. The third-order valence-corrected chi connectivity index (χ3v) is 3.92. The smallest absolute Gasteiger partial charge is 0.324 e. The number of amides is 2. The molecule has 0 bridgehead atoms. The molecule has 0 aliphatic carbocycles. The lowest BCUT2D eigenvalue weighted by molar-refractivity contribution is 0.217. The van der Waals surface area contributed by atoms with Crippen LogP contribution in [0.4, 0.5) is 10.7 Å². The number of halogens is 1. The molecule has 0 atom stereocenters. The number of urea groups is 1. The number of nitrogens with one attached hydrogen (secondary N) is 2. The quantitative estimate of drug-likeness (QED) is 0.874. The zero-order valence-corrected chi connectivity index (χ0v) is 14.0. The molecule has 2 rings (SSSR count). The Balaban J connectivity index is 2.37. The van der Waals surface area contributed by atoms with Crippen LogP contribution in [0.1, 0.15) is 13.8 Å². The predicted molar refractivity (Wildman–Crippen MR) is 89.9 cm³/mol. The highest BCUT2D eigenvalue weighted by atomic mass is 79.9. The summed E-state index contributed by atoms with van der Waals surface area (Å²) in [6.07, 6.45) is 0. The topological polar surface area (TPSA) is 78.1 Å². The lowest BCUT2D eigenvalue weighted by Crippen LogP contribution is -2.35. The van der Waals surface area contributed by atoms with Crippen molar-refractivity contribution in [3.05, 3.63) is 45.2 Å². The first-order valence-corrected chi connectivity index (χ1v) is 7.77. The molecule has 0 aliphatic heterocycles. The van der Waals surface area contributed by atoms with E-state index in [9.17, 15) is 9.59 Å². The number of benzene rings is 1. The van der Waals surface area contributed by atoms with Crippen LogP contribution in [0.25, 0.3) is 11.3 Å². The third-order valence-electron chi connectivity index (χ3n) is 3.19. The highest BCUT2D eigenvalue weighted by Gasteiger charge is 2.14. The van der Waals surface area contributed by atoms with Crippen LogP contribution in [0.5, 0.6) is 0 Å². The van der Waals surface area contributed by atoms with E-state index in [2.05, 4.69) is 31.2 Å². The highest BCUT2D eigenvalue weighted by molar-refractivity contribution is 9.10. The van der Waals surface area contributed by atoms with Crippen LogP contribution >= 0.6 is 15.9 Å². The average Bonchev–Trinajstić information content (AvgIpc) is 2.52. The van der Waals surface area contributed by atoms with Gasteiger partial charge in [-0.1, -0.05) is 30.3 Å². The third kappa shape index (κ3) is 3.54. The molecule has 0 saturated carbocycles. The van der Waals surface area contributed by atoms with Crippen molar-refractivity contribution in [2.24, 2.45) is 0 Å². The van der Waals surface area contributed by atoms with Crippen LogP contribution < -0.4 is 10.9 Å². The average molecular weight is 365 g/mol. The first-order chi connectivity index (χ1) is 10.6. The molecule has 1 aromatic heterocycles. The summed E-state index contributed by atoms with van der Waals surface area (Å²) in [7, 11) is 0. The van der Waals surface area contributed by atoms with Crippen molar-refractivity contribution in [2.75, 3.05) is 18.4 Å². The lowest BCUT2D eigenvalue weighted by atomic mass is 10.1. The number of H-pyrrole nitrogens is 1. The van der Waals surface area contributed by atoms with Gasteiger partial charge in [0.05, 0.1) is 5.69 Å². The Labute approximate surface area is 136 Å². The van der Waals surface area contributed by atoms with Gasteiger partial charge >= 0.3 is 6.03 Å². The molecule has 7 heteroatoms. The van der Waals surface area contributed by atoms with Crippen LogP contribution in [-0.4, -0.2) is 34.0 Å². The van der Waals surface area contributed by atoms with Gasteiger partial charge in [-0.3, -0.25) is 15.1 Å². The summed E-state index contributed by atoms with van der Waals surface area (Å²) < 4.78 is 0.333. The minimum absolute atomic E-state index is 0.129. The number of nitrogens with zero attached hydrogens (tertiary/aromatic N) is 2. The summed E-state index contributed by atoms with van der Waals surface area (Å²) in [4.78, 5) is 32.6. The fourth-order valence-electron chi connectivity index (χ4n) is 2.00. The molecule has 116 valence electrons. The van der Waals surface area contributed by atoms with E-state index in [1.807, 2.05) is 44.2 Å². The van der Waals surface area contributed by atoms with E-state index >= 15 is 0 Å². The molecule has 0 unspecified atom stereocenters. The summed E-state index contributed by atoms with van der Waals surface area (Å²) >= 11 is 3.24. The monoisotopic (exact) mass is 364 g/mol. The summed E-state index contributed by atoms with van der Waals surface area (Å²) in [5.74, 6) is 0.129. The van der Waals surface area contributed by atoms with E-state index in [-0.39, 0.29) is 17.5 Å². The molecule has 0 fully saturated rings. The zero-order valence-electron chi connectivity index (χ0n) is 12.4. The number of hydrogen-bond donors (Lipinski definition) is 2. The number of aromatic amines is 1. The van der Waals surface area contributed by atoms with E-state index in [0.29, 0.717) is 23.3 Å². The van der Waals surface area contributed by atoms with Gasteiger partial charge in [0.2, 0.25) is 5.95 Å². The Bertz CT molecular complexity index is 711. The van der Waals surface area contributed by atoms with Crippen molar-refractivity contribution in [1.82, 2.24) is 14.9 Å². The number of rotatable bonds is 4. The fraction of sp³-hybridized carbons (Fsp3) is 0.267. The first-order valence-electron chi connectivity index (χ1n) is 6.98. The molecule has 1 aromatic carbocycles. The molecule has 0 saturated heterocycles. The fourth-order valence-corrected chi connectivity index (χ4v) is 2.41. The second kappa shape index (κ2) is 7.22. The number of anilines is 1. The first kappa shape index (κ1) is 16.2. The molecule has 0 spiro atoms. The van der Waals surface area contributed by atoms with E-state index in [1.165, 1.54) is 0 Å². The van der Waals surface area contributed by atoms with Crippen LogP contribution in [0.15, 0.2) is 39.6 Å². The molecule has 6 nitrogen and oxygen atoms in total. The summed E-state index contributed by atoms with van der Waals surface area (Å²) in [5, 5.41) is 2.62. The minimum Gasteiger partial charge on any atom is -0.325 e. The molecular formula is C15H17BrN4O2. The van der Waals surface area contributed by atoms with Gasteiger partial charge < -0.3 is 4.90 Å². The van der Waals surface area contributed by atoms with Crippen molar-refractivity contribution in [3.63, 3.8) is 0 Å². The SMILES string of the molecule is CCN(CC)C(=O)Nc1nc(-c2ccccc2)c(Br)c(=O)[nH]1. The van der Waals surface area contributed by atoms with Crippen LogP contribution in [0.2, 0.25) is 0 Å². The Hall–Kier alpha value is -2.15. The van der Waals surface area contributed by atoms with E-state index in [1.54, 1.807) is 4.90 Å². The van der Waals surface area contributed by atoms with Crippen molar-refractivity contribution in [2.45, 2.75) is 13.8 Å². The zero-order chi connectivity index (χ0) is 16.1. The van der Waals surface area contributed by atoms with Gasteiger partial charge in [-0.2, -0.15) is 0 Å². The van der Waals surface area contributed by atoms with Gasteiger partial charge in [-0.25, -0.2) is 9.78 Å². The van der Waals surface area contributed by atoms with Crippen LogP contribution in [0, 0.1) is 0 Å². The number of carbonyl (C=O) groups excluding carboxylic acids is 1. The Kier molecular flexibility index (Phi) is 5.32. The maximum Gasteiger partial charge on any atom is 0.324 e. The molecular weight excluding hydrogens is 348 g/mol. The second-order valence-corrected chi connectivity index (χ2v) is 5.34. The number of hydrogen-bond acceptors (Lipinski definition) is 3. The minimum atomic E-state index is -0.344. The summed E-state index contributed by atoms with van der Waals surface area (Å²) in [6, 6.07) is 9.01. The molecule has 22 heavy (non-hydrogen) atoms. The number of aromatic nitrogens is 2. The summed E-state index contributed by atoms with van der Waals surface area (Å²) in [6.45, 7) is 4.93. The molecule has 1 heterocycles. The molecule has 0 radical (unpaired) electrons. The molecule has 2 amide bonds. The van der Waals surface area contributed by atoms with Gasteiger partial charge in [0.1, 0.15) is 4.47 Å². The van der Waals surface area contributed by atoms with Crippen LogP contribution in [0.3, 0.4) is 0 Å². The van der Waals surface area contributed by atoms with Crippen molar-refractivity contribution in [1.29, 1.82) is 0 Å². The lowest BCUT2D eigenvalue weighted by Gasteiger charge is -2.18. The van der Waals surface area contributed by atoms with Crippen molar-refractivity contribution >= 4 is 27.9 Å². The van der Waals surface area contributed by atoms with Gasteiger partial charge in [0.15, 0.2) is 0 Å². The summed E-state index contributed by atoms with van der Waals surface area (Å²) in [5.41, 5.74) is 0.932. The van der Waals surface area contributed by atoms with Crippen molar-refractivity contribution in [3.8, 4) is 11.3 Å². The highest BCUT2D eigenvalue weighted by Crippen LogP contribution is 2.23. The largest absolute Gasteiger partial charge is 0.325 e. The maximum absolute atomic E-state index is 12.1. The van der Waals surface area contributed by atoms with Gasteiger partial charge in [-0.05, 0) is 29.8 Å². The Morgan fingerprint density at radius 1 is 1.27 bits per heavy atom. The predicted octanol–water partition coefficient (Wildman–Crippen LogP) is 3.07. The Morgan fingerprint density at radius 2 is 1.91 bits per heavy atom. The van der Waals surface area contributed by atoms with Crippen molar-refractivity contribution < 1.29 is 4.79 Å². The standard InChI is InChI=1S/C15H17BrN4O2/c1-3-20(4-2)15(22)19-14-17-12(11(16)13(21)18-14)10-8-6-5-7-9-10/h5-9H,3-4H2,1-2H3,(H2,17,18,19,21,22). The second-order valence-electron chi connectivity index (χ2n) is 4.55. The molecule has 0 aliphatic rings. The number of carbonyl (C=O) groups is 1. The van der Waals surface area contributed by atoms with Crippen LogP contribution in [-0.2, 0) is 0 Å². The van der Waals surface area contributed by atoms with E-state index < -0.39 is 0 Å². The van der Waals surface area contributed by atoms with Gasteiger partial charge in [0.25, 0.3) is 5.56 Å². The van der Waals surface area contributed by atoms with E-state index in [0.717, 1.165) is 5.56 Å². The normalized spacial score (nSPS) is 10.3. The van der Waals surface area contributed by atoms with Gasteiger partial charge in [-0.15, -0.1) is 0 Å². The maximum atomic E-state index is 12.1.